The van der Waals surface area contributed by atoms with Crippen molar-refractivity contribution in [3.63, 3.8) is 0 Å². The van der Waals surface area contributed by atoms with Gasteiger partial charge in [0.05, 0.1) is 19.3 Å². The molecular weight excluding hydrogens is 502 g/mol. The predicted molar refractivity (Wildman–Crippen MR) is 160 cm³/mol. The number of halogens is 2. The second kappa shape index (κ2) is 13.1. The third kappa shape index (κ3) is 6.34. The van der Waals surface area contributed by atoms with Crippen LogP contribution in [0.25, 0.3) is 33.4 Å². The molecule has 0 N–H and O–H groups in total. The Kier molecular flexibility index (Phi) is 9.08. The molecule has 2 atom stereocenters. The molecule has 2 nitrogen and oxygen atoms in total. The summed E-state index contributed by atoms with van der Waals surface area (Å²) >= 11 is 0. The van der Waals surface area contributed by atoms with E-state index in [2.05, 4.69) is 67.6 Å². The van der Waals surface area contributed by atoms with Gasteiger partial charge in [-0.05, 0) is 85.0 Å². The fourth-order valence-electron chi connectivity index (χ4n) is 5.41. The quantitative estimate of drug-likeness (QED) is 0.197. The summed E-state index contributed by atoms with van der Waals surface area (Å²) in [6.07, 6.45) is 9.21. The summed E-state index contributed by atoms with van der Waals surface area (Å²) in [6, 6.07) is 27.8. The van der Waals surface area contributed by atoms with Gasteiger partial charge in [0.2, 0.25) is 5.82 Å². The maximum Gasteiger partial charge on any atom is 0.201 e. The van der Waals surface area contributed by atoms with Crippen molar-refractivity contribution in [1.82, 2.24) is 0 Å². The SMILES string of the molecule is C/C=C/CCC1CCC(c2ccc(-c3ccc(-c4ccc(-c5ccc(OCC)c(F)c5F)cc4)cc3)cc2)CO1. The smallest absolute Gasteiger partial charge is 0.201 e. The third-order valence-corrected chi connectivity index (χ3v) is 7.74. The Bertz CT molecular complexity index is 1420. The van der Waals surface area contributed by atoms with Gasteiger partial charge < -0.3 is 9.47 Å². The molecule has 0 aliphatic carbocycles. The van der Waals surface area contributed by atoms with Crippen molar-refractivity contribution in [3.8, 4) is 39.1 Å². The molecule has 0 aromatic heterocycles. The number of hydrogen-bond acceptors (Lipinski definition) is 2. The summed E-state index contributed by atoms with van der Waals surface area (Å²) in [4.78, 5) is 0. The highest BCUT2D eigenvalue weighted by Crippen LogP contribution is 2.33. The van der Waals surface area contributed by atoms with Crippen LogP contribution in [0.4, 0.5) is 8.78 Å². The molecule has 4 aromatic rings. The first kappa shape index (κ1) is 27.8. The Morgan fingerprint density at radius 3 is 1.85 bits per heavy atom. The van der Waals surface area contributed by atoms with Crippen molar-refractivity contribution < 1.29 is 18.3 Å². The molecule has 2 unspecified atom stereocenters. The van der Waals surface area contributed by atoms with Crippen molar-refractivity contribution in [2.75, 3.05) is 13.2 Å². The lowest BCUT2D eigenvalue weighted by Crippen LogP contribution is -2.24. The molecule has 0 amide bonds. The van der Waals surface area contributed by atoms with Crippen LogP contribution in [0.15, 0.2) is 97.1 Å². The zero-order valence-electron chi connectivity index (χ0n) is 23.2. The first-order valence-corrected chi connectivity index (χ1v) is 14.2. The molecule has 40 heavy (non-hydrogen) atoms. The molecule has 1 aliphatic heterocycles. The van der Waals surface area contributed by atoms with Crippen LogP contribution in [0.2, 0.25) is 0 Å². The van der Waals surface area contributed by atoms with Crippen molar-refractivity contribution in [2.45, 2.75) is 51.6 Å². The zero-order valence-corrected chi connectivity index (χ0v) is 23.2. The van der Waals surface area contributed by atoms with Crippen molar-refractivity contribution in [1.29, 1.82) is 0 Å². The van der Waals surface area contributed by atoms with E-state index >= 15 is 0 Å². The van der Waals surface area contributed by atoms with Crippen LogP contribution in [-0.4, -0.2) is 19.3 Å². The van der Waals surface area contributed by atoms with Gasteiger partial charge in [-0.2, -0.15) is 4.39 Å². The summed E-state index contributed by atoms with van der Waals surface area (Å²) in [5.41, 5.74) is 6.59. The Morgan fingerprint density at radius 1 is 0.750 bits per heavy atom. The van der Waals surface area contributed by atoms with E-state index in [-0.39, 0.29) is 17.9 Å². The van der Waals surface area contributed by atoms with Crippen molar-refractivity contribution in [2.24, 2.45) is 0 Å². The summed E-state index contributed by atoms with van der Waals surface area (Å²) in [6.45, 7) is 4.88. The highest BCUT2D eigenvalue weighted by atomic mass is 19.2. The minimum Gasteiger partial charge on any atom is -0.491 e. The Balaban J connectivity index is 1.22. The van der Waals surface area contributed by atoms with Crippen molar-refractivity contribution >= 4 is 0 Å². The Morgan fingerprint density at radius 2 is 1.32 bits per heavy atom. The van der Waals surface area contributed by atoms with E-state index in [9.17, 15) is 8.78 Å². The molecule has 0 bridgehead atoms. The van der Waals surface area contributed by atoms with Gasteiger partial charge >= 0.3 is 0 Å². The molecule has 4 heteroatoms. The van der Waals surface area contributed by atoms with Gasteiger partial charge in [0.25, 0.3) is 0 Å². The summed E-state index contributed by atoms with van der Waals surface area (Å²) < 4.78 is 40.3. The van der Waals surface area contributed by atoms with Crippen LogP contribution >= 0.6 is 0 Å². The number of benzene rings is 4. The molecular formula is C36H36F2O2. The number of rotatable bonds is 9. The predicted octanol–water partition coefficient (Wildman–Crippen LogP) is 9.98. The molecule has 1 saturated heterocycles. The average Bonchev–Trinajstić information content (AvgIpc) is 3.01. The molecule has 0 spiro atoms. The van der Waals surface area contributed by atoms with E-state index in [1.165, 1.54) is 23.6 Å². The van der Waals surface area contributed by atoms with Crippen LogP contribution in [0.5, 0.6) is 5.75 Å². The minimum atomic E-state index is -0.955. The maximum absolute atomic E-state index is 14.6. The van der Waals surface area contributed by atoms with Gasteiger partial charge in [0, 0.05) is 11.5 Å². The fourth-order valence-corrected chi connectivity index (χ4v) is 5.41. The average molecular weight is 539 g/mol. The molecule has 5 rings (SSSR count). The highest BCUT2D eigenvalue weighted by molar-refractivity contribution is 5.73. The molecule has 0 radical (unpaired) electrons. The molecule has 1 aliphatic rings. The van der Waals surface area contributed by atoms with Gasteiger partial charge in [-0.3, -0.25) is 0 Å². The van der Waals surface area contributed by atoms with E-state index in [1.54, 1.807) is 13.0 Å². The minimum absolute atomic E-state index is 0.0672. The van der Waals surface area contributed by atoms with E-state index in [1.807, 2.05) is 24.3 Å². The lowest BCUT2D eigenvalue weighted by atomic mass is 9.89. The zero-order chi connectivity index (χ0) is 27.9. The number of ether oxygens (including phenoxy) is 2. The van der Waals surface area contributed by atoms with Crippen LogP contribution in [0, 0.1) is 11.6 Å². The van der Waals surface area contributed by atoms with E-state index in [0.29, 0.717) is 17.6 Å². The van der Waals surface area contributed by atoms with Gasteiger partial charge in [-0.1, -0.05) is 84.9 Å². The van der Waals surface area contributed by atoms with E-state index in [4.69, 9.17) is 9.47 Å². The van der Waals surface area contributed by atoms with Gasteiger partial charge in [-0.25, -0.2) is 4.39 Å². The maximum atomic E-state index is 14.6. The summed E-state index contributed by atoms with van der Waals surface area (Å²) in [7, 11) is 0. The van der Waals surface area contributed by atoms with Gasteiger partial charge in [0.15, 0.2) is 11.6 Å². The Hall–Kier alpha value is -3.76. The Labute approximate surface area is 236 Å². The van der Waals surface area contributed by atoms with E-state index < -0.39 is 11.6 Å². The fraction of sp³-hybridized carbons (Fsp3) is 0.278. The van der Waals surface area contributed by atoms with Crippen molar-refractivity contribution in [3.05, 3.63) is 114 Å². The van der Waals surface area contributed by atoms with Crippen LogP contribution < -0.4 is 4.74 Å². The molecule has 1 heterocycles. The van der Waals surface area contributed by atoms with Crippen LogP contribution in [0.1, 0.15) is 51.0 Å². The first-order chi connectivity index (χ1) is 19.6. The van der Waals surface area contributed by atoms with E-state index in [0.717, 1.165) is 42.6 Å². The lowest BCUT2D eigenvalue weighted by Gasteiger charge is -2.29. The number of allylic oxidation sites excluding steroid dienone is 2. The molecule has 4 aromatic carbocycles. The normalized spacial score (nSPS) is 17.3. The standard InChI is InChI=1S/C36H36F2O2/c1-3-5-6-7-32-21-20-31(24-40-32)29-14-12-27(13-15-29)25-8-10-26(11-9-25)28-16-18-30(19-17-28)33-22-23-34(39-4-2)36(38)35(33)37/h3,5,8-19,22-23,31-32H,4,6-7,20-21,24H2,1-2H3/b5-3+. The largest absolute Gasteiger partial charge is 0.491 e. The third-order valence-electron chi connectivity index (χ3n) is 7.74. The van der Waals surface area contributed by atoms with Gasteiger partial charge in [0.1, 0.15) is 0 Å². The monoisotopic (exact) mass is 538 g/mol. The molecule has 0 saturated carbocycles. The second-order valence-electron chi connectivity index (χ2n) is 10.3. The van der Waals surface area contributed by atoms with Crippen LogP contribution in [-0.2, 0) is 4.74 Å². The second-order valence-corrected chi connectivity index (χ2v) is 10.3. The number of hydrogen-bond donors (Lipinski definition) is 0. The summed E-state index contributed by atoms with van der Waals surface area (Å²) in [5, 5.41) is 0. The first-order valence-electron chi connectivity index (χ1n) is 14.2. The lowest BCUT2D eigenvalue weighted by molar-refractivity contribution is -0.000184. The molecule has 1 fully saturated rings. The highest BCUT2D eigenvalue weighted by Gasteiger charge is 2.22. The molecule has 206 valence electrons. The van der Waals surface area contributed by atoms with Gasteiger partial charge in [-0.15, -0.1) is 0 Å². The summed E-state index contributed by atoms with van der Waals surface area (Å²) in [5.74, 6) is -1.45. The van der Waals surface area contributed by atoms with Crippen LogP contribution in [0.3, 0.4) is 0 Å². The topological polar surface area (TPSA) is 18.5 Å².